The SMILES string of the molecule is CC(C)c1nnc(NC(=O)CSC2=Nc3ccccc3CS2)o1. The summed E-state index contributed by atoms with van der Waals surface area (Å²) in [5.74, 6) is 1.60. The molecule has 2 aromatic rings. The predicted molar refractivity (Wildman–Crippen MR) is 94.3 cm³/mol. The van der Waals surface area contributed by atoms with Crippen LogP contribution >= 0.6 is 23.5 Å². The number of nitrogens with zero attached hydrogens (tertiary/aromatic N) is 3. The Bertz CT molecular complexity index is 743. The number of aromatic nitrogens is 2. The van der Waals surface area contributed by atoms with Gasteiger partial charge < -0.3 is 4.42 Å². The summed E-state index contributed by atoms with van der Waals surface area (Å²) in [6, 6.07) is 8.18. The van der Waals surface area contributed by atoms with Crippen molar-refractivity contribution in [2.75, 3.05) is 11.1 Å². The van der Waals surface area contributed by atoms with Crippen LogP contribution in [0, 0.1) is 0 Å². The number of anilines is 1. The molecular weight excluding hydrogens is 332 g/mol. The molecule has 1 amide bonds. The smallest absolute Gasteiger partial charge is 0.322 e. The number of hydrogen-bond donors (Lipinski definition) is 1. The summed E-state index contributed by atoms with van der Waals surface area (Å²) in [4.78, 5) is 16.5. The van der Waals surface area contributed by atoms with Gasteiger partial charge in [-0.1, -0.05) is 60.7 Å². The second kappa shape index (κ2) is 7.18. The van der Waals surface area contributed by atoms with E-state index < -0.39 is 0 Å². The molecule has 0 aliphatic carbocycles. The fourth-order valence-corrected chi connectivity index (χ4v) is 3.75. The number of nitrogens with one attached hydrogen (secondary N) is 1. The van der Waals surface area contributed by atoms with E-state index in [4.69, 9.17) is 4.42 Å². The van der Waals surface area contributed by atoms with Crippen molar-refractivity contribution in [2.24, 2.45) is 4.99 Å². The van der Waals surface area contributed by atoms with Gasteiger partial charge in [-0.3, -0.25) is 10.1 Å². The monoisotopic (exact) mass is 348 g/mol. The Labute approximate surface area is 142 Å². The standard InChI is InChI=1S/C15H16N4O2S2/c1-9(2)13-18-19-14(21-13)17-12(20)8-23-15-16-11-6-4-3-5-10(11)7-22-15/h3-6,9H,7-8H2,1-2H3,(H,17,19,20). The lowest BCUT2D eigenvalue weighted by atomic mass is 10.2. The van der Waals surface area contributed by atoms with Gasteiger partial charge >= 0.3 is 6.01 Å². The fraction of sp³-hybridized carbons (Fsp3) is 0.333. The minimum Gasteiger partial charge on any atom is -0.408 e. The van der Waals surface area contributed by atoms with Gasteiger partial charge in [0.2, 0.25) is 11.8 Å². The van der Waals surface area contributed by atoms with E-state index in [9.17, 15) is 4.79 Å². The summed E-state index contributed by atoms with van der Waals surface area (Å²) < 4.78 is 6.25. The van der Waals surface area contributed by atoms with Crippen LogP contribution in [0.4, 0.5) is 11.7 Å². The first kappa shape index (κ1) is 16.1. The topological polar surface area (TPSA) is 80.4 Å². The van der Waals surface area contributed by atoms with Crippen LogP contribution in [0.5, 0.6) is 0 Å². The normalized spacial score (nSPS) is 13.6. The van der Waals surface area contributed by atoms with Crippen molar-refractivity contribution in [3.63, 3.8) is 0 Å². The number of para-hydroxylation sites is 1. The summed E-state index contributed by atoms with van der Waals surface area (Å²) in [7, 11) is 0. The van der Waals surface area contributed by atoms with Crippen LogP contribution in [-0.2, 0) is 10.5 Å². The number of carbonyl (C=O) groups excluding carboxylic acids is 1. The van der Waals surface area contributed by atoms with Gasteiger partial charge in [0.25, 0.3) is 0 Å². The number of thioether (sulfide) groups is 2. The zero-order valence-corrected chi connectivity index (χ0v) is 14.4. The highest BCUT2D eigenvalue weighted by atomic mass is 32.2. The molecular formula is C15H16N4O2S2. The zero-order chi connectivity index (χ0) is 16.2. The molecule has 0 radical (unpaired) electrons. The molecule has 1 aliphatic heterocycles. The molecule has 1 aromatic heterocycles. The van der Waals surface area contributed by atoms with Crippen molar-refractivity contribution in [2.45, 2.75) is 25.5 Å². The van der Waals surface area contributed by atoms with Crippen LogP contribution in [0.1, 0.15) is 31.2 Å². The maximum Gasteiger partial charge on any atom is 0.322 e. The number of hydrogen-bond acceptors (Lipinski definition) is 7. The van der Waals surface area contributed by atoms with Crippen molar-refractivity contribution < 1.29 is 9.21 Å². The Hall–Kier alpha value is -1.80. The Morgan fingerprint density at radius 1 is 1.39 bits per heavy atom. The van der Waals surface area contributed by atoms with Gasteiger partial charge in [0.05, 0.1) is 11.4 Å². The quantitative estimate of drug-likeness (QED) is 0.905. The highest BCUT2D eigenvalue weighted by Gasteiger charge is 2.16. The number of amides is 1. The number of rotatable bonds is 4. The molecule has 6 nitrogen and oxygen atoms in total. The minimum absolute atomic E-state index is 0.135. The predicted octanol–water partition coefficient (Wildman–Crippen LogP) is 3.80. The Balaban J connectivity index is 1.54. The van der Waals surface area contributed by atoms with Crippen molar-refractivity contribution in [3.05, 3.63) is 35.7 Å². The molecule has 1 N–H and O–H groups in total. The lowest BCUT2D eigenvalue weighted by Crippen LogP contribution is -2.15. The second-order valence-electron chi connectivity index (χ2n) is 5.23. The molecule has 0 unspecified atom stereocenters. The molecule has 8 heteroatoms. The first-order valence-corrected chi connectivity index (χ1v) is 9.14. The van der Waals surface area contributed by atoms with Gasteiger partial charge in [-0.15, -0.1) is 5.10 Å². The van der Waals surface area contributed by atoms with Gasteiger partial charge in [-0.25, -0.2) is 4.99 Å². The van der Waals surface area contributed by atoms with Crippen LogP contribution < -0.4 is 5.32 Å². The molecule has 0 saturated heterocycles. The molecule has 1 aliphatic rings. The summed E-state index contributed by atoms with van der Waals surface area (Å²) in [5, 5.41) is 10.3. The minimum atomic E-state index is -0.184. The number of carbonyl (C=O) groups is 1. The molecule has 120 valence electrons. The summed E-state index contributed by atoms with van der Waals surface area (Å²) in [6.07, 6.45) is 0. The van der Waals surface area contributed by atoms with Crippen molar-refractivity contribution in [1.29, 1.82) is 0 Å². The van der Waals surface area contributed by atoms with Crippen LogP contribution in [0.3, 0.4) is 0 Å². The second-order valence-corrected chi connectivity index (χ2v) is 7.42. The summed E-state index contributed by atoms with van der Waals surface area (Å²) >= 11 is 3.06. The Morgan fingerprint density at radius 2 is 2.22 bits per heavy atom. The number of fused-ring (bicyclic) bond motifs is 1. The van der Waals surface area contributed by atoms with E-state index in [0.29, 0.717) is 5.89 Å². The molecule has 0 spiro atoms. The van der Waals surface area contributed by atoms with Crippen LogP contribution in [-0.4, -0.2) is 26.2 Å². The van der Waals surface area contributed by atoms with E-state index in [-0.39, 0.29) is 23.6 Å². The maximum atomic E-state index is 12.0. The maximum absolute atomic E-state index is 12.0. The molecule has 0 atom stereocenters. The fourth-order valence-electron chi connectivity index (χ4n) is 1.89. The van der Waals surface area contributed by atoms with E-state index in [2.05, 4.69) is 26.6 Å². The largest absolute Gasteiger partial charge is 0.408 e. The van der Waals surface area contributed by atoms with E-state index in [0.717, 1.165) is 15.8 Å². The third-order valence-electron chi connectivity index (χ3n) is 3.06. The van der Waals surface area contributed by atoms with Gasteiger partial charge in [-0.2, -0.15) is 0 Å². The van der Waals surface area contributed by atoms with E-state index in [1.165, 1.54) is 17.3 Å². The molecule has 23 heavy (non-hydrogen) atoms. The summed E-state index contributed by atoms with van der Waals surface area (Å²) in [5.41, 5.74) is 2.20. The lowest BCUT2D eigenvalue weighted by molar-refractivity contribution is -0.113. The lowest BCUT2D eigenvalue weighted by Gasteiger charge is -2.13. The van der Waals surface area contributed by atoms with Crippen molar-refractivity contribution in [3.8, 4) is 0 Å². The molecule has 1 aromatic carbocycles. The average molecular weight is 348 g/mol. The van der Waals surface area contributed by atoms with Gasteiger partial charge in [0, 0.05) is 11.7 Å². The molecule has 0 fully saturated rings. The molecule has 0 bridgehead atoms. The zero-order valence-electron chi connectivity index (χ0n) is 12.8. The van der Waals surface area contributed by atoms with Crippen LogP contribution in [0.2, 0.25) is 0 Å². The Kier molecular flexibility index (Phi) is 5.02. The average Bonchev–Trinajstić information content (AvgIpc) is 3.01. The molecule has 3 rings (SSSR count). The number of benzene rings is 1. The summed E-state index contributed by atoms with van der Waals surface area (Å²) in [6.45, 7) is 3.90. The Morgan fingerprint density at radius 3 is 3.00 bits per heavy atom. The van der Waals surface area contributed by atoms with Gasteiger partial charge in [0.15, 0.2) is 0 Å². The van der Waals surface area contributed by atoms with Gasteiger partial charge in [-0.05, 0) is 11.6 Å². The molecule has 2 heterocycles. The molecule has 0 saturated carbocycles. The highest BCUT2D eigenvalue weighted by Crippen LogP contribution is 2.34. The van der Waals surface area contributed by atoms with Crippen LogP contribution in [0.15, 0.2) is 33.7 Å². The number of aliphatic imine (C=N–C) groups is 1. The van der Waals surface area contributed by atoms with Crippen molar-refractivity contribution >= 4 is 45.5 Å². The third-order valence-corrected chi connectivity index (χ3v) is 5.31. The highest BCUT2D eigenvalue weighted by molar-refractivity contribution is 8.38. The van der Waals surface area contributed by atoms with Crippen LogP contribution in [0.25, 0.3) is 0 Å². The first-order chi connectivity index (χ1) is 11.1. The van der Waals surface area contributed by atoms with Gasteiger partial charge in [0.1, 0.15) is 4.38 Å². The first-order valence-electron chi connectivity index (χ1n) is 7.17. The van der Waals surface area contributed by atoms with Crippen molar-refractivity contribution in [1.82, 2.24) is 10.2 Å². The van der Waals surface area contributed by atoms with E-state index in [1.807, 2.05) is 32.0 Å². The third kappa shape index (κ3) is 4.14. The van der Waals surface area contributed by atoms with E-state index >= 15 is 0 Å². The van der Waals surface area contributed by atoms with E-state index in [1.54, 1.807) is 11.8 Å².